The van der Waals surface area contributed by atoms with Gasteiger partial charge in [0.1, 0.15) is 11.3 Å². The number of H-pyrrole nitrogens is 1. The molecule has 2 aromatic rings. The van der Waals surface area contributed by atoms with E-state index in [4.69, 9.17) is 5.73 Å². The fourth-order valence-corrected chi connectivity index (χ4v) is 1.61. The summed E-state index contributed by atoms with van der Waals surface area (Å²) >= 11 is 0. The number of aromatic hydroxyl groups is 1. The molecule has 0 unspecified atom stereocenters. The van der Waals surface area contributed by atoms with Crippen molar-refractivity contribution < 1.29 is 9.90 Å². The lowest BCUT2D eigenvalue weighted by atomic mass is 10.1. The third-order valence-electron chi connectivity index (χ3n) is 2.61. The summed E-state index contributed by atoms with van der Waals surface area (Å²) in [4.78, 5) is 25.9. The van der Waals surface area contributed by atoms with Crippen molar-refractivity contribution in [1.82, 2.24) is 10.3 Å². The van der Waals surface area contributed by atoms with Gasteiger partial charge in [0, 0.05) is 36.3 Å². The van der Waals surface area contributed by atoms with Crippen LogP contribution in [0.3, 0.4) is 0 Å². The molecule has 1 aromatic carbocycles. The second-order valence-electron chi connectivity index (χ2n) is 3.99. The molecule has 1 amide bonds. The normalized spacial score (nSPS) is 10.1. The molecule has 0 radical (unpaired) electrons. The molecule has 0 aliphatic rings. The lowest BCUT2D eigenvalue weighted by molar-refractivity contribution is 0.0949. The number of nitrogens with one attached hydrogen (secondary N) is 2. The Morgan fingerprint density at radius 3 is 2.89 bits per heavy atom. The van der Waals surface area contributed by atoms with E-state index in [1.54, 1.807) is 12.1 Å². The van der Waals surface area contributed by atoms with E-state index >= 15 is 0 Å². The molecule has 0 bridgehead atoms. The summed E-state index contributed by atoms with van der Waals surface area (Å²) in [5, 5.41) is 12.1. The molecular formula is C13H13N3O3. The molecule has 0 atom stereocenters. The molecule has 0 fully saturated rings. The predicted molar refractivity (Wildman–Crippen MR) is 70.8 cm³/mol. The minimum atomic E-state index is -0.510. The number of nitrogen functional groups attached to an aromatic ring is 1. The van der Waals surface area contributed by atoms with E-state index in [0.29, 0.717) is 11.3 Å². The van der Waals surface area contributed by atoms with Crippen molar-refractivity contribution in [2.24, 2.45) is 0 Å². The van der Waals surface area contributed by atoms with Crippen molar-refractivity contribution in [1.29, 1.82) is 0 Å². The van der Waals surface area contributed by atoms with Gasteiger partial charge >= 0.3 is 0 Å². The van der Waals surface area contributed by atoms with Gasteiger partial charge in [-0.2, -0.15) is 0 Å². The SMILES string of the molecule is Nc1ccc(O)c(CNC(=O)c2c[nH]ccc2=O)c1. The third kappa shape index (κ3) is 2.92. The van der Waals surface area contributed by atoms with Crippen LogP contribution in [-0.2, 0) is 6.54 Å². The van der Waals surface area contributed by atoms with E-state index < -0.39 is 5.91 Å². The quantitative estimate of drug-likeness (QED) is 0.478. The van der Waals surface area contributed by atoms with Crippen LogP contribution in [0.15, 0.2) is 41.5 Å². The number of anilines is 1. The summed E-state index contributed by atoms with van der Waals surface area (Å²) in [6, 6.07) is 5.84. The first-order valence-corrected chi connectivity index (χ1v) is 5.60. The summed E-state index contributed by atoms with van der Waals surface area (Å²) in [6.07, 6.45) is 2.78. The molecule has 0 saturated heterocycles. The van der Waals surface area contributed by atoms with Gasteiger partial charge < -0.3 is 21.1 Å². The van der Waals surface area contributed by atoms with Crippen molar-refractivity contribution in [3.05, 3.63) is 58.0 Å². The first kappa shape index (κ1) is 12.7. The highest BCUT2D eigenvalue weighted by molar-refractivity contribution is 5.93. The Labute approximate surface area is 108 Å². The maximum absolute atomic E-state index is 11.8. The van der Waals surface area contributed by atoms with Gasteiger partial charge in [-0.3, -0.25) is 9.59 Å². The Morgan fingerprint density at radius 1 is 1.37 bits per heavy atom. The zero-order valence-corrected chi connectivity index (χ0v) is 10.0. The van der Waals surface area contributed by atoms with E-state index in [2.05, 4.69) is 10.3 Å². The Bertz CT molecular complexity index is 664. The number of benzene rings is 1. The Balaban J connectivity index is 2.11. The molecule has 6 heteroatoms. The van der Waals surface area contributed by atoms with Crippen LogP contribution in [0.1, 0.15) is 15.9 Å². The van der Waals surface area contributed by atoms with Crippen molar-refractivity contribution in [2.75, 3.05) is 5.73 Å². The van der Waals surface area contributed by atoms with Gasteiger partial charge in [0.05, 0.1) is 0 Å². The number of nitrogens with two attached hydrogens (primary N) is 1. The summed E-state index contributed by atoms with van der Waals surface area (Å²) < 4.78 is 0. The van der Waals surface area contributed by atoms with E-state index in [1.165, 1.54) is 24.5 Å². The van der Waals surface area contributed by atoms with Gasteiger partial charge in [-0.05, 0) is 18.2 Å². The lowest BCUT2D eigenvalue weighted by Crippen LogP contribution is -2.28. The van der Waals surface area contributed by atoms with Crippen LogP contribution in [0.4, 0.5) is 5.69 Å². The largest absolute Gasteiger partial charge is 0.508 e. The van der Waals surface area contributed by atoms with E-state index in [9.17, 15) is 14.7 Å². The van der Waals surface area contributed by atoms with Gasteiger partial charge in [0.25, 0.3) is 5.91 Å². The number of pyridine rings is 1. The number of carbonyl (C=O) groups excluding carboxylic acids is 1. The summed E-state index contributed by atoms with van der Waals surface area (Å²) in [5.41, 5.74) is 6.21. The second kappa shape index (κ2) is 5.26. The molecule has 5 N–H and O–H groups in total. The third-order valence-corrected chi connectivity index (χ3v) is 2.61. The van der Waals surface area contributed by atoms with Gasteiger partial charge in [0.15, 0.2) is 5.43 Å². The first-order valence-electron chi connectivity index (χ1n) is 5.60. The fraction of sp³-hybridized carbons (Fsp3) is 0.0769. The number of aromatic nitrogens is 1. The molecular weight excluding hydrogens is 246 g/mol. The maximum Gasteiger partial charge on any atom is 0.257 e. The highest BCUT2D eigenvalue weighted by atomic mass is 16.3. The second-order valence-corrected chi connectivity index (χ2v) is 3.99. The topological polar surface area (TPSA) is 108 Å². The Hall–Kier alpha value is -2.76. The van der Waals surface area contributed by atoms with Gasteiger partial charge in [0.2, 0.25) is 0 Å². The van der Waals surface area contributed by atoms with Crippen molar-refractivity contribution in [2.45, 2.75) is 6.54 Å². The first-order chi connectivity index (χ1) is 9.08. The molecule has 0 spiro atoms. The number of carbonyl (C=O) groups is 1. The molecule has 6 nitrogen and oxygen atoms in total. The average molecular weight is 259 g/mol. The van der Waals surface area contributed by atoms with Crippen LogP contribution in [0.25, 0.3) is 0 Å². The zero-order chi connectivity index (χ0) is 13.8. The van der Waals surface area contributed by atoms with Gasteiger partial charge in [-0.15, -0.1) is 0 Å². The minimum Gasteiger partial charge on any atom is -0.508 e. The van der Waals surface area contributed by atoms with E-state index in [1.807, 2.05) is 0 Å². The number of amides is 1. The van der Waals surface area contributed by atoms with Crippen LogP contribution in [0, 0.1) is 0 Å². The van der Waals surface area contributed by atoms with Crippen molar-refractivity contribution >= 4 is 11.6 Å². The highest BCUT2D eigenvalue weighted by Gasteiger charge is 2.10. The van der Waals surface area contributed by atoms with Crippen molar-refractivity contribution in [3.63, 3.8) is 0 Å². The molecule has 1 heterocycles. The average Bonchev–Trinajstić information content (AvgIpc) is 2.40. The summed E-state index contributed by atoms with van der Waals surface area (Å²) in [5.74, 6) is -0.472. The maximum atomic E-state index is 11.8. The molecule has 0 saturated carbocycles. The standard InChI is InChI=1S/C13H13N3O3/c14-9-1-2-11(17)8(5-9)6-16-13(19)10-7-15-4-3-12(10)18/h1-5,7,17H,6,14H2,(H,15,18)(H,16,19). The smallest absolute Gasteiger partial charge is 0.257 e. The Kier molecular flexibility index (Phi) is 3.51. The predicted octanol–water partition coefficient (Wildman–Crippen LogP) is 0.593. The number of aromatic amines is 1. The fourth-order valence-electron chi connectivity index (χ4n) is 1.61. The number of phenols is 1. The molecule has 98 valence electrons. The van der Waals surface area contributed by atoms with Crippen LogP contribution in [-0.4, -0.2) is 16.0 Å². The van der Waals surface area contributed by atoms with E-state index in [-0.39, 0.29) is 23.3 Å². The van der Waals surface area contributed by atoms with Gasteiger partial charge in [-0.1, -0.05) is 0 Å². The van der Waals surface area contributed by atoms with Crippen LogP contribution >= 0.6 is 0 Å². The minimum absolute atomic E-state index is 0.0193. The van der Waals surface area contributed by atoms with Crippen LogP contribution < -0.4 is 16.5 Å². The summed E-state index contributed by atoms with van der Waals surface area (Å²) in [6.45, 7) is 0.0873. The van der Waals surface area contributed by atoms with Gasteiger partial charge in [-0.25, -0.2) is 0 Å². The number of phenolic OH excluding ortho intramolecular Hbond substituents is 1. The molecule has 19 heavy (non-hydrogen) atoms. The van der Waals surface area contributed by atoms with Crippen molar-refractivity contribution in [3.8, 4) is 5.75 Å². The summed E-state index contributed by atoms with van der Waals surface area (Å²) in [7, 11) is 0. The molecule has 0 aliphatic carbocycles. The highest BCUT2D eigenvalue weighted by Crippen LogP contribution is 2.19. The number of hydrogen-bond acceptors (Lipinski definition) is 4. The monoisotopic (exact) mass is 259 g/mol. The lowest BCUT2D eigenvalue weighted by Gasteiger charge is -2.07. The van der Waals surface area contributed by atoms with Crippen LogP contribution in [0.2, 0.25) is 0 Å². The molecule has 2 rings (SSSR count). The number of hydrogen-bond donors (Lipinski definition) is 4. The molecule has 1 aromatic heterocycles. The number of rotatable bonds is 3. The zero-order valence-electron chi connectivity index (χ0n) is 10.0. The molecule has 0 aliphatic heterocycles. The van der Waals surface area contributed by atoms with Crippen LogP contribution in [0.5, 0.6) is 5.75 Å². The van der Waals surface area contributed by atoms with E-state index in [0.717, 1.165) is 0 Å². The Morgan fingerprint density at radius 2 is 2.16 bits per heavy atom.